The number of benzene rings is 1. The Kier molecular flexibility index (Phi) is 5.13. The maximum absolute atomic E-state index is 10.3. The maximum atomic E-state index is 10.3. The zero-order valence-corrected chi connectivity index (χ0v) is 9.86. The molecular weight excluding hydrogens is 224 g/mol. The fraction of sp³-hybridized carbons (Fsp3) is 0.417. The van der Waals surface area contributed by atoms with E-state index in [0.29, 0.717) is 30.3 Å². The first-order valence-corrected chi connectivity index (χ1v) is 5.16. The Hall–Kier alpha value is -1.91. The molecule has 17 heavy (non-hydrogen) atoms. The molecule has 0 heterocycles. The SMILES string of the molecule is COc1[c]ccc(OCCCC(=O)O)c1OC. The van der Waals surface area contributed by atoms with Gasteiger partial charge in [0.15, 0.2) is 11.5 Å². The summed E-state index contributed by atoms with van der Waals surface area (Å²) >= 11 is 0. The van der Waals surface area contributed by atoms with E-state index in [1.165, 1.54) is 14.2 Å². The van der Waals surface area contributed by atoms with Crippen molar-refractivity contribution in [2.75, 3.05) is 20.8 Å². The average molecular weight is 239 g/mol. The second-order valence-electron chi connectivity index (χ2n) is 3.25. The van der Waals surface area contributed by atoms with Gasteiger partial charge in [-0.15, -0.1) is 0 Å². The smallest absolute Gasteiger partial charge is 0.303 e. The quantitative estimate of drug-likeness (QED) is 0.734. The van der Waals surface area contributed by atoms with E-state index in [-0.39, 0.29) is 6.42 Å². The van der Waals surface area contributed by atoms with Crippen molar-refractivity contribution in [3.63, 3.8) is 0 Å². The summed E-state index contributed by atoms with van der Waals surface area (Å²) in [5.74, 6) is 0.613. The normalized spacial score (nSPS) is 9.76. The Labute approximate surface area is 99.9 Å². The van der Waals surface area contributed by atoms with Gasteiger partial charge < -0.3 is 19.3 Å². The standard InChI is InChI=1S/C12H15O5/c1-15-9-5-3-6-10(12(9)16-2)17-8-4-7-11(13)14/h3,6H,4,7-8H2,1-2H3,(H,13,14). The fourth-order valence-electron chi connectivity index (χ4n) is 1.31. The lowest BCUT2D eigenvalue weighted by molar-refractivity contribution is -0.137. The van der Waals surface area contributed by atoms with Gasteiger partial charge in [0, 0.05) is 12.5 Å². The number of carbonyl (C=O) groups is 1. The summed E-state index contributed by atoms with van der Waals surface area (Å²) in [6, 6.07) is 6.22. The van der Waals surface area contributed by atoms with E-state index in [1.54, 1.807) is 12.1 Å². The highest BCUT2D eigenvalue weighted by Gasteiger charge is 2.10. The average Bonchev–Trinajstić information content (AvgIpc) is 2.33. The Morgan fingerprint density at radius 2 is 2.18 bits per heavy atom. The van der Waals surface area contributed by atoms with Crippen LogP contribution >= 0.6 is 0 Å². The van der Waals surface area contributed by atoms with Crippen molar-refractivity contribution in [2.24, 2.45) is 0 Å². The molecule has 1 aromatic rings. The molecule has 0 aromatic heterocycles. The van der Waals surface area contributed by atoms with Gasteiger partial charge in [-0.05, 0) is 18.6 Å². The molecule has 0 aliphatic rings. The van der Waals surface area contributed by atoms with Crippen molar-refractivity contribution < 1.29 is 24.1 Å². The van der Waals surface area contributed by atoms with Crippen LogP contribution in [0.1, 0.15) is 12.8 Å². The molecule has 1 N–H and O–H groups in total. The van der Waals surface area contributed by atoms with Crippen molar-refractivity contribution in [3.05, 3.63) is 18.2 Å². The first-order valence-electron chi connectivity index (χ1n) is 5.16. The molecule has 1 radical (unpaired) electrons. The van der Waals surface area contributed by atoms with Gasteiger partial charge in [-0.1, -0.05) is 0 Å². The maximum Gasteiger partial charge on any atom is 0.303 e. The minimum Gasteiger partial charge on any atom is -0.492 e. The number of ether oxygens (including phenoxy) is 3. The lowest BCUT2D eigenvalue weighted by Gasteiger charge is -2.12. The minimum atomic E-state index is -0.834. The number of methoxy groups -OCH3 is 2. The van der Waals surface area contributed by atoms with Crippen LogP contribution in [0.25, 0.3) is 0 Å². The van der Waals surface area contributed by atoms with Gasteiger partial charge >= 0.3 is 5.97 Å². The topological polar surface area (TPSA) is 65.0 Å². The number of carboxylic acid groups (broad SMARTS) is 1. The lowest BCUT2D eigenvalue weighted by Crippen LogP contribution is -2.03. The molecule has 0 unspecified atom stereocenters. The van der Waals surface area contributed by atoms with Gasteiger partial charge in [-0.2, -0.15) is 0 Å². The second-order valence-corrected chi connectivity index (χ2v) is 3.25. The summed E-state index contributed by atoms with van der Waals surface area (Å²) in [4.78, 5) is 10.3. The van der Waals surface area contributed by atoms with E-state index >= 15 is 0 Å². The predicted molar refractivity (Wildman–Crippen MR) is 60.7 cm³/mol. The van der Waals surface area contributed by atoms with E-state index in [1.807, 2.05) is 0 Å². The van der Waals surface area contributed by atoms with Crippen LogP contribution in [-0.2, 0) is 4.79 Å². The Morgan fingerprint density at radius 1 is 1.41 bits per heavy atom. The molecule has 1 rings (SSSR count). The van der Waals surface area contributed by atoms with Crippen LogP contribution in [0.2, 0.25) is 0 Å². The highest BCUT2D eigenvalue weighted by molar-refractivity contribution is 5.66. The third kappa shape index (κ3) is 3.86. The van der Waals surface area contributed by atoms with Gasteiger partial charge in [0.1, 0.15) is 0 Å². The van der Waals surface area contributed by atoms with Gasteiger partial charge in [0.25, 0.3) is 0 Å². The van der Waals surface area contributed by atoms with Gasteiger partial charge in [0.05, 0.1) is 20.8 Å². The molecule has 0 fully saturated rings. The highest BCUT2D eigenvalue weighted by atomic mass is 16.5. The Morgan fingerprint density at radius 3 is 2.76 bits per heavy atom. The molecular formula is C12H15O5. The van der Waals surface area contributed by atoms with Crippen molar-refractivity contribution in [1.82, 2.24) is 0 Å². The molecule has 5 nitrogen and oxygen atoms in total. The van der Waals surface area contributed by atoms with Crippen molar-refractivity contribution in [2.45, 2.75) is 12.8 Å². The summed E-state index contributed by atoms with van der Waals surface area (Å²) in [6.07, 6.45) is 0.526. The predicted octanol–water partition coefficient (Wildman–Crippen LogP) is 1.75. The Balaban J connectivity index is 2.60. The number of aliphatic carboxylic acids is 1. The van der Waals surface area contributed by atoms with E-state index < -0.39 is 5.97 Å². The number of hydrogen-bond acceptors (Lipinski definition) is 4. The zero-order chi connectivity index (χ0) is 12.7. The molecule has 0 saturated carbocycles. The van der Waals surface area contributed by atoms with Crippen LogP contribution < -0.4 is 14.2 Å². The summed E-state index contributed by atoms with van der Waals surface area (Å²) in [5.41, 5.74) is 0. The van der Waals surface area contributed by atoms with Crippen molar-refractivity contribution in [3.8, 4) is 17.2 Å². The molecule has 0 aliphatic carbocycles. The van der Waals surface area contributed by atoms with E-state index in [2.05, 4.69) is 6.07 Å². The number of hydrogen-bond donors (Lipinski definition) is 1. The van der Waals surface area contributed by atoms with E-state index in [4.69, 9.17) is 19.3 Å². The summed E-state index contributed by atoms with van der Waals surface area (Å²) in [7, 11) is 3.03. The first-order chi connectivity index (χ1) is 8.19. The van der Waals surface area contributed by atoms with Crippen LogP contribution in [0.4, 0.5) is 0 Å². The summed E-state index contributed by atoms with van der Waals surface area (Å²) < 4.78 is 15.6. The molecule has 0 saturated heterocycles. The molecule has 0 bridgehead atoms. The molecule has 0 spiro atoms. The zero-order valence-electron chi connectivity index (χ0n) is 9.86. The summed E-state index contributed by atoms with van der Waals surface area (Å²) in [5, 5.41) is 8.49. The first kappa shape index (κ1) is 13.2. The molecule has 5 heteroatoms. The van der Waals surface area contributed by atoms with Gasteiger partial charge in [-0.25, -0.2) is 0 Å². The molecule has 0 amide bonds. The van der Waals surface area contributed by atoms with Crippen LogP contribution in [0.3, 0.4) is 0 Å². The molecule has 0 aliphatic heterocycles. The minimum absolute atomic E-state index is 0.0818. The fourth-order valence-corrected chi connectivity index (χ4v) is 1.31. The molecule has 0 atom stereocenters. The Bertz CT molecular complexity index is 375. The van der Waals surface area contributed by atoms with Crippen molar-refractivity contribution in [1.29, 1.82) is 0 Å². The molecule has 1 aromatic carbocycles. The largest absolute Gasteiger partial charge is 0.492 e. The summed E-state index contributed by atoms with van der Waals surface area (Å²) in [6.45, 7) is 0.315. The van der Waals surface area contributed by atoms with Crippen LogP contribution in [-0.4, -0.2) is 31.9 Å². The van der Waals surface area contributed by atoms with E-state index in [9.17, 15) is 4.79 Å². The molecule has 93 valence electrons. The van der Waals surface area contributed by atoms with Gasteiger partial charge in [-0.3, -0.25) is 4.79 Å². The third-order valence-corrected chi connectivity index (χ3v) is 2.08. The van der Waals surface area contributed by atoms with E-state index in [0.717, 1.165) is 0 Å². The van der Waals surface area contributed by atoms with Crippen LogP contribution in [0, 0.1) is 6.07 Å². The van der Waals surface area contributed by atoms with Crippen LogP contribution in [0.5, 0.6) is 17.2 Å². The van der Waals surface area contributed by atoms with Gasteiger partial charge in [0.2, 0.25) is 5.75 Å². The number of rotatable bonds is 7. The third-order valence-electron chi connectivity index (χ3n) is 2.08. The monoisotopic (exact) mass is 239 g/mol. The second kappa shape index (κ2) is 6.62. The highest BCUT2D eigenvalue weighted by Crippen LogP contribution is 2.36. The van der Waals surface area contributed by atoms with Crippen molar-refractivity contribution >= 4 is 5.97 Å². The lowest BCUT2D eigenvalue weighted by atomic mass is 10.3. The number of carboxylic acids is 1. The van der Waals surface area contributed by atoms with Crippen LogP contribution in [0.15, 0.2) is 12.1 Å².